The van der Waals surface area contributed by atoms with Crippen LogP contribution in [0.3, 0.4) is 0 Å². The Labute approximate surface area is 133 Å². The summed E-state index contributed by atoms with van der Waals surface area (Å²) in [7, 11) is 0. The minimum atomic E-state index is -0.673. The van der Waals surface area contributed by atoms with E-state index in [0.717, 1.165) is 11.6 Å². The van der Waals surface area contributed by atoms with Crippen LogP contribution >= 0.6 is 0 Å². The van der Waals surface area contributed by atoms with Crippen LogP contribution in [-0.4, -0.2) is 23.5 Å². The molecular formula is C17H17FN2O3. The van der Waals surface area contributed by atoms with Crippen molar-refractivity contribution >= 4 is 23.2 Å². The minimum Gasteiger partial charge on any atom is -0.396 e. The summed E-state index contributed by atoms with van der Waals surface area (Å²) in [6.07, 6.45) is 0.529. The molecule has 0 fully saturated rings. The number of nitrogens with one attached hydrogen (secondary N) is 2. The zero-order valence-corrected chi connectivity index (χ0v) is 12.6. The quantitative estimate of drug-likeness (QED) is 0.793. The van der Waals surface area contributed by atoms with E-state index in [1.54, 1.807) is 24.3 Å². The largest absolute Gasteiger partial charge is 0.396 e. The number of anilines is 2. The molecule has 0 aliphatic rings. The van der Waals surface area contributed by atoms with Gasteiger partial charge in [-0.25, -0.2) is 4.39 Å². The smallest absolute Gasteiger partial charge is 0.258 e. The third-order valence-electron chi connectivity index (χ3n) is 3.14. The lowest BCUT2D eigenvalue weighted by Crippen LogP contribution is -2.15. The topological polar surface area (TPSA) is 78.4 Å². The molecule has 2 rings (SSSR count). The first-order chi connectivity index (χ1) is 11.0. The Morgan fingerprint density at radius 1 is 1.04 bits per heavy atom. The average Bonchev–Trinajstić information content (AvgIpc) is 2.51. The molecule has 0 saturated carbocycles. The number of hydrogen-bond acceptors (Lipinski definition) is 3. The third kappa shape index (κ3) is 4.62. The fourth-order valence-electron chi connectivity index (χ4n) is 2.06. The van der Waals surface area contributed by atoms with Gasteiger partial charge in [0.2, 0.25) is 5.91 Å². The normalized spacial score (nSPS) is 10.2. The first kappa shape index (κ1) is 16.6. The van der Waals surface area contributed by atoms with Crippen molar-refractivity contribution in [2.75, 3.05) is 17.2 Å². The summed E-state index contributed by atoms with van der Waals surface area (Å²) in [6, 6.07) is 10.7. The van der Waals surface area contributed by atoms with Gasteiger partial charge in [0.25, 0.3) is 5.91 Å². The lowest BCUT2D eigenvalue weighted by atomic mass is 10.1. The molecule has 5 nitrogen and oxygen atoms in total. The van der Waals surface area contributed by atoms with Crippen molar-refractivity contribution in [3.63, 3.8) is 0 Å². The highest BCUT2D eigenvalue weighted by Gasteiger charge is 2.13. The summed E-state index contributed by atoms with van der Waals surface area (Å²) in [4.78, 5) is 23.2. The number of benzene rings is 2. The van der Waals surface area contributed by atoms with Crippen molar-refractivity contribution < 1.29 is 19.1 Å². The van der Waals surface area contributed by atoms with E-state index in [2.05, 4.69) is 10.6 Å². The third-order valence-corrected chi connectivity index (χ3v) is 3.14. The highest BCUT2D eigenvalue weighted by atomic mass is 19.1. The number of carbonyl (C=O) groups is 2. The Kier molecular flexibility index (Phi) is 5.43. The number of hydrogen-bond donors (Lipinski definition) is 3. The Balaban J connectivity index is 2.14. The molecule has 0 aromatic heterocycles. The molecule has 0 aliphatic heterocycles. The van der Waals surface area contributed by atoms with E-state index in [4.69, 9.17) is 5.11 Å². The van der Waals surface area contributed by atoms with Crippen LogP contribution in [0.25, 0.3) is 0 Å². The summed E-state index contributed by atoms with van der Waals surface area (Å²) in [5.41, 5.74) is 1.64. The molecule has 0 radical (unpaired) electrons. The Morgan fingerprint density at radius 2 is 1.70 bits per heavy atom. The molecule has 120 valence electrons. The Morgan fingerprint density at radius 3 is 2.30 bits per heavy atom. The van der Waals surface area contributed by atoms with Crippen LogP contribution in [0, 0.1) is 5.82 Å². The van der Waals surface area contributed by atoms with Crippen molar-refractivity contribution in [1.29, 1.82) is 0 Å². The number of amides is 2. The lowest BCUT2D eigenvalue weighted by Gasteiger charge is -2.09. The minimum absolute atomic E-state index is 0.0485. The highest BCUT2D eigenvalue weighted by molar-refractivity contribution is 6.05. The molecule has 0 saturated heterocycles. The van der Waals surface area contributed by atoms with E-state index in [1.165, 1.54) is 19.1 Å². The van der Waals surface area contributed by atoms with Crippen LogP contribution in [0.5, 0.6) is 0 Å². The summed E-state index contributed by atoms with van der Waals surface area (Å²) in [5.74, 6) is -1.58. The van der Waals surface area contributed by atoms with Gasteiger partial charge in [-0.1, -0.05) is 12.1 Å². The second-order valence-electron chi connectivity index (χ2n) is 5.00. The number of carbonyl (C=O) groups excluding carboxylic acids is 2. The molecule has 23 heavy (non-hydrogen) atoms. The maximum Gasteiger partial charge on any atom is 0.258 e. The second-order valence-corrected chi connectivity index (χ2v) is 5.00. The molecule has 0 heterocycles. The van der Waals surface area contributed by atoms with Gasteiger partial charge in [0.15, 0.2) is 0 Å². The summed E-state index contributed by atoms with van der Waals surface area (Å²) >= 11 is 0. The standard InChI is InChI=1S/C17H17FN2O3/c1-11(22)19-14-6-7-16(18)15(10-14)17(23)20-13-4-2-12(3-5-13)8-9-21/h2-7,10,21H,8-9H2,1H3,(H,19,22)(H,20,23). The summed E-state index contributed by atoms with van der Waals surface area (Å²) in [6.45, 7) is 1.38. The maximum absolute atomic E-state index is 13.8. The maximum atomic E-state index is 13.8. The van der Waals surface area contributed by atoms with Crippen LogP contribution in [0.15, 0.2) is 42.5 Å². The Bertz CT molecular complexity index is 714. The number of aliphatic hydroxyl groups excluding tert-OH is 1. The summed E-state index contributed by atoms with van der Waals surface area (Å²) < 4.78 is 13.8. The van der Waals surface area contributed by atoms with Gasteiger partial charge in [0.1, 0.15) is 5.82 Å². The van der Waals surface area contributed by atoms with Crippen molar-refractivity contribution in [1.82, 2.24) is 0 Å². The molecule has 0 spiro atoms. The monoisotopic (exact) mass is 316 g/mol. The van der Waals surface area contributed by atoms with Gasteiger partial charge in [0.05, 0.1) is 5.56 Å². The van der Waals surface area contributed by atoms with E-state index < -0.39 is 11.7 Å². The van der Waals surface area contributed by atoms with Gasteiger partial charge in [-0.15, -0.1) is 0 Å². The van der Waals surface area contributed by atoms with E-state index in [9.17, 15) is 14.0 Å². The predicted molar refractivity (Wildman–Crippen MR) is 85.9 cm³/mol. The van der Waals surface area contributed by atoms with Gasteiger partial charge in [0, 0.05) is 24.9 Å². The molecule has 0 atom stereocenters. The van der Waals surface area contributed by atoms with E-state index in [0.29, 0.717) is 17.8 Å². The fourth-order valence-corrected chi connectivity index (χ4v) is 2.06. The molecule has 3 N–H and O–H groups in total. The zero-order valence-electron chi connectivity index (χ0n) is 12.6. The first-order valence-electron chi connectivity index (χ1n) is 7.08. The molecule has 6 heteroatoms. The fraction of sp³-hybridized carbons (Fsp3) is 0.176. The van der Waals surface area contributed by atoms with Gasteiger partial charge >= 0.3 is 0 Å². The van der Waals surface area contributed by atoms with Crippen molar-refractivity contribution in [3.05, 3.63) is 59.4 Å². The molecule has 2 aromatic rings. The van der Waals surface area contributed by atoms with Crippen LogP contribution in [0.1, 0.15) is 22.8 Å². The molecular weight excluding hydrogens is 299 g/mol. The predicted octanol–water partition coefficient (Wildman–Crippen LogP) is 2.57. The van der Waals surface area contributed by atoms with E-state index in [-0.39, 0.29) is 18.1 Å². The van der Waals surface area contributed by atoms with Crippen molar-refractivity contribution in [2.24, 2.45) is 0 Å². The highest BCUT2D eigenvalue weighted by Crippen LogP contribution is 2.17. The van der Waals surface area contributed by atoms with Crippen LogP contribution < -0.4 is 10.6 Å². The summed E-state index contributed by atoms with van der Waals surface area (Å²) in [5, 5.41) is 14.0. The zero-order chi connectivity index (χ0) is 16.8. The van der Waals surface area contributed by atoms with Crippen molar-refractivity contribution in [2.45, 2.75) is 13.3 Å². The van der Waals surface area contributed by atoms with E-state index >= 15 is 0 Å². The van der Waals surface area contributed by atoms with Crippen LogP contribution in [0.2, 0.25) is 0 Å². The molecule has 0 bridgehead atoms. The average molecular weight is 316 g/mol. The second kappa shape index (κ2) is 7.51. The Hall–Kier alpha value is -2.73. The van der Waals surface area contributed by atoms with Gasteiger partial charge < -0.3 is 15.7 Å². The number of aliphatic hydroxyl groups is 1. The lowest BCUT2D eigenvalue weighted by molar-refractivity contribution is -0.114. The van der Waals surface area contributed by atoms with Gasteiger partial charge in [-0.3, -0.25) is 9.59 Å². The van der Waals surface area contributed by atoms with Gasteiger partial charge in [-0.2, -0.15) is 0 Å². The van der Waals surface area contributed by atoms with Crippen molar-refractivity contribution in [3.8, 4) is 0 Å². The van der Waals surface area contributed by atoms with E-state index in [1.807, 2.05) is 0 Å². The van der Waals surface area contributed by atoms with Gasteiger partial charge in [-0.05, 0) is 42.3 Å². The molecule has 0 aliphatic carbocycles. The molecule has 2 aromatic carbocycles. The first-order valence-corrected chi connectivity index (χ1v) is 7.08. The SMILES string of the molecule is CC(=O)Nc1ccc(F)c(C(=O)Nc2ccc(CCO)cc2)c1. The number of halogens is 1. The van der Waals surface area contributed by atoms with Crippen LogP contribution in [-0.2, 0) is 11.2 Å². The molecule has 0 unspecified atom stereocenters. The number of rotatable bonds is 5. The van der Waals surface area contributed by atoms with Crippen LogP contribution in [0.4, 0.5) is 15.8 Å². The molecule has 2 amide bonds.